The highest BCUT2D eigenvalue weighted by Gasteiger charge is 2.08. The van der Waals surface area contributed by atoms with Gasteiger partial charge in [-0.2, -0.15) is 0 Å². The number of nitrogens with one attached hydrogen (secondary N) is 1. The van der Waals surface area contributed by atoms with Crippen LogP contribution in [-0.4, -0.2) is 16.2 Å². The minimum atomic E-state index is -0.0696. The summed E-state index contributed by atoms with van der Waals surface area (Å²) in [5.41, 5.74) is 1.51. The van der Waals surface area contributed by atoms with E-state index < -0.39 is 0 Å². The molecule has 0 bridgehead atoms. The molecule has 0 aliphatic rings. The summed E-state index contributed by atoms with van der Waals surface area (Å²) in [5, 5.41) is 3.68. The molecular formula is C9H10BrClN2O. The maximum atomic E-state index is 11.3. The zero-order chi connectivity index (χ0) is 10.6. The molecule has 1 aromatic rings. The summed E-state index contributed by atoms with van der Waals surface area (Å²) >= 11 is 9.03. The first-order valence-corrected chi connectivity index (χ1v) is 5.62. The van der Waals surface area contributed by atoms with Crippen molar-refractivity contribution in [2.45, 2.75) is 13.3 Å². The van der Waals surface area contributed by atoms with E-state index in [4.69, 9.17) is 11.6 Å². The summed E-state index contributed by atoms with van der Waals surface area (Å²) in [6.45, 7) is 1.87. The van der Waals surface area contributed by atoms with Gasteiger partial charge in [0.15, 0.2) is 5.15 Å². The second kappa shape index (κ2) is 5.32. The van der Waals surface area contributed by atoms with Crippen molar-refractivity contribution >= 4 is 39.1 Å². The Morgan fingerprint density at radius 2 is 2.43 bits per heavy atom. The van der Waals surface area contributed by atoms with Crippen LogP contribution in [0.5, 0.6) is 0 Å². The van der Waals surface area contributed by atoms with Crippen LogP contribution in [0.1, 0.15) is 12.0 Å². The highest BCUT2D eigenvalue weighted by Crippen LogP contribution is 2.22. The Morgan fingerprint density at radius 1 is 1.71 bits per heavy atom. The molecule has 1 heterocycles. The van der Waals surface area contributed by atoms with Gasteiger partial charge in [-0.05, 0) is 18.6 Å². The zero-order valence-corrected chi connectivity index (χ0v) is 10.0. The van der Waals surface area contributed by atoms with E-state index in [1.54, 1.807) is 12.3 Å². The molecule has 1 rings (SSSR count). The normalized spacial score (nSPS) is 9.93. The van der Waals surface area contributed by atoms with Gasteiger partial charge in [-0.15, -0.1) is 0 Å². The summed E-state index contributed by atoms with van der Waals surface area (Å²) in [5.74, 6) is -0.0696. The number of pyridine rings is 1. The first kappa shape index (κ1) is 11.5. The number of hydrogen-bond donors (Lipinski definition) is 1. The molecule has 1 N–H and O–H groups in total. The number of aryl methyl sites for hydroxylation is 1. The molecule has 0 aromatic carbocycles. The predicted octanol–water partition coefficient (Wildman–Crippen LogP) is 2.77. The lowest BCUT2D eigenvalue weighted by molar-refractivity contribution is -0.115. The molecule has 0 spiro atoms. The molecule has 0 atom stereocenters. The monoisotopic (exact) mass is 276 g/mol. The number of halogens is 2. The smallest absolute Gasteiger partial charge is 0.225 e. The average molecular weight is 278 g/mol. The topological polar surface area (TPSA) is 42.0 Å². The third kappa shape index (κ3) is 2.96. The summed E-state index contributed by atoms with van der Waals surface area (Å²) < 4.78 is 0. The van der Waals surface area contributed by atoms with Crippen LogP contribution in [0.2, 0.25) is 5.15 Å². The largest absolute Gasteiger partial charge is 0.323 e. The van der Waals surface area contributed by atoms with Crippen LogP contribution in [-0.2, 0) is 4.79 Å². The van der Waals surface area contributed by atoms with Crippen LogP contribution in [0.4, 0.5) is 5.69 Å². The molecule has 5 heteroatoms. The lowest BCUT2D eigenvalue weighted by atomic mass is 10.2. The van der Waals surface area contributed by atoms with E-state index in [1.807, 2.05) is 6.92 Å². The molecule has 0 aliphatic heterocycles. The molecule has 0 fully saturated rings. The van der Waals surface area contributed by atoms with Gasteiger partial charge in [0.25, 0.3) is 0 Å². The van der Waals surface area contributed by atoms with Crippen LogP contribution in [0, 0.1) is 6.92 Å². The van der Waals surface area contributed by atoms with Gasteiger partial charge >= 0.3 is 0 Å². The summed E-state index contributed by atoms with van der Waals surface area (Å²) in [4.78, 5) is 15.2. The molecule has 1 aromatic heterocycles. The van der Waals surface area contributed by atoms with E-state index in [0.29, 0.717) is 22.6 Å². The van der Waals surface area contributed by atoms with E-state index >= 15 is 0 Å². The number of anilines is 1. The molecule has 0 saturated carbocycles. The molecule has 0 unspecified atom stereocenters. The van der Waals surface area contributed by atoms with E-state index in [9.17, 15) is 4.79 Å². The Morgan fingerprint density at radius 3 is 3.00 bits per heavy atom. The molecule has 3 nitrogen and oxygen atoms in total. The molecule has 0 radical (unpaired) electrons. The van der Waals surface area contributed by atoms with Crippen molar-refractivity contribution in [3.63, 3.8) is 0 Å². The van der Waals surface area contributed by atoms with Gasteiger partial charge in [0.1, 0.15) is 0 Å². The van der Waals surface area contributed by atoms with Gasteiger partial charge in [0.05, 0.1) is 5.69 Å². The van der Waals surface area contributed by atoms with Crippen molar-refractivity contribution in [1.82, 2.24) is 4.98 Å². The number of rotatable bonds is 3. The van der Waals surface area contributed by atoms with Crippen LogP contribution in [0.15, 0.2) is 12.3 Å². The summed E-state index contributed by atoms with van der Waals surface area (Å²) in [7, 11) is 0. The second-order valence-electron chi connectivity index (χ2n) is 2.78. The lowest BCUT2D eigenvalue weighted by Gasteiger charge is -2.08. The zero-order valence-electron chi connectivity index (χ0n) is 7.68. The fourth-order valence-corrected chi connectivity index (χ4v) is 1.58. The molecule has 14 heavy (non-hydrogen) atoms. The second-order valence-corrected chi connectivity index (χ2v) is 3.93. The van der Waals surface area contributed by atoms with Crippen LogP contribution >= 0.6 is 27.5 Å². The van der Waals surface area contributed by atoms with Gasteiger partial charge in [0.2, 0.25) is 5.91 Å². The molecule has 1 amide bonds. The van der Waals surface area contributed by atoms with Crippen molar-refractivity contribution < 1.29 is 4.79 Å². The van der Waals surface area contributed by atoms with E-state index in [2.05, 4.69) is 26.2 Å². The number of alkyl halides is 1. The Labute approximate surface area is 96.0 Å². The van der Waals surface area contributed by atoms with Crippen molar-refractivity contribution in [2.24, 2.45) is 0 Å². The number of carbonyl (C=O) groups excluding carboxylic acids is 1. The van der Waals surface area contributed by atoms with Gasteiger partial charge in [-0.1, -0.05) is 27.5 Å². The lowest BCUT2D eigenvalue weighted by Crippen LogP contribution is -2.13. The number of nitrogens with zero attached hydrogens (tertiary/aromatic N) is 1. The molecule has 0 saturated heterocycles. The maximum Gasteiger partial charge on any atom is 0.225 e. The van der Waals surface area contributed by atoms with E-state index in [0.717, 1.165) is 5.56 Å². The summed E-state index contributed by atoms with van der Waals surface area (Å²) in [6.07, 6.45) is 2.03. The van der Waals surface area contributed by atoms with Gasteiger partial charge < -0.3 is 5.32 Å². The highest BCUT2D eigenvalue weighted by atomic mass is 79.9. The SMILES string of the molecule is Cc1ccnc(Cl)c1NC(=O)CCBr. The maximum absolute atomic E-state index is 11.3. The quantitative estimate of drug-likeness (QED) is 0.682. The Hall–Kier alpha value is -0.610. The standard InChI is InChI=1S/C9H10BrClN2O/c1-6-3-5-12-9(11)8(6)13-7(14)2-4-10/h3,5H,2,4H2,1H3,(H,13,14). The van der Waals surface area contributed by atoms with Crippen LogP contribution in [0.3, 0.4) is 0 Å². The fraction of sp³-hybridized carbons (Fsp3) is 0.333. The van der Waals surface area contributed by atoms with E-state index in [1.165, 1.54) is 0 Å². The van der Waals surface area contributed by atoms with Gasteiger partial charge in [-0.25, -0.2) is 4.98 Å². The summed E-state index contributed by atoms with van der Waals surface area (Å²) in [6, 6.07) is 1.80. The van der Waals surface area contributed by atoms with Gasteiger partial charge in [0, 0.05) is 17.9 Å². The number of hydrogen-bond acceptors (Lipinski definition) is 2. The molecular weight excluding hydrogens is 267 g/mol. The molecule has 76 valence electrons. The first-order chi connectivity index (χ1) is 6.65. The van der Waals surface area contributed by atoms with Crippen molar-refractivity contribution in [3.8, 4) is 0 Å². The Balaban J connectivity index is 2.80. The Kier molecular flexibility index (Phi) is 4.35. The van der Waals surface area contributed by atoms with Crippen molar-refractivity contribution in [2.75, 3.05) is 10.6 Å². The number of carbonyl (C=O) groups is 1. The minimum Gasteiger partial charge on any atom is -0.323 e. The van der Waals surface area contributed by atoms with Crippen molar-refractivity contribution in [1.29, 1.82) is 0 Å². The third-order valence-electron chi connectivity index (χ3n) is 1.70. The first-order valence-electron chi connectivity index (χ1n) is 4.12. The third-order valence-corrected chi connectivity index (χ3v) is 2.38. The fourth-order valence-electron chi connectivity index (χ4n) is 0.963. The van der Waals surface area contributed by atoms with Gasteiger partial charge in [-0.3, -0.25) is 4.79 Å². The average Bonchev–Trinajstić information content (AvgIpc) is 2.12. The molecule has 0 aliphatic carbocycles. The number of aromatic nitrogens is 1. The predicted molar refractivity (Wildman–Crippen MR) is 61.0 cm³/mol. The van der Waals surface area contributed by atoms with E-state index in [-0.39, 0.29) is 5.91 Å². The van der Waals surface area contributed by atoms with Crippen molar-refractivity contribution in [3.05, 3.63) is 23.0 Å². The number of amides is 1. The minimum absolute atomic E-state index is 0.0696. The van der Waals surface area contributed by atoms with Crippen LogP contribution < -0.4 is 5.32 Å². The highest BCUT2D eigenvalue weighted by molar-refractivity contribution is 9.09. The van der Waals surface area contributed by atoms with Crippen LogP contribution in [0.25, 0.3) is 0 Å². The Bertz CT molecular complexity index is 323.